The molecule has 0 aromatic carbocycles. The molecule has 0 N–H and O–H groups in total. The second kappa shape index (κ2) is 4.79. The Kier molecular flexibility index (Phi) is 4.29. The molecule has 2 heteroatoms. The van der Waals surface area contributed by atoms with Gasteiger partial charge in [0.1, 0.15) is 6.61 Å². The van der Waals surface area contributed by atoms with Crippen molar-refractivity contribution >= 4 is 5.97 Å². The number of hydrogen-bond acceptors (Lipinski definition) is 2. The van der Waals surface area contributed by atoms with E-state index in [0.717, 1.165) is 5.57 Å². The third kappa shape index (κ3) is 5.09. The molecule has 10 heavy (non-hydrogen) atoms. The van der Waals surface area contributed by atoms with Crippen molar-refractivity contribution in [3.05, 3.63) is 24.3 Å². The first-order valence-electron chi connectivity index (χ1n) is 3.10. The van der Waals surface area contributed by atoms with Gasteiger partial charge in [0.25, 0.3) is 0 Å². The summed E-state index contributed by atoms with van der Waals surface area (Å²) in [6.45, 7) is 7.47. The van der Waals surface area contributed by atoms with Crippen LogP contribution in [0, 0.1) is 0 Å². The summed E-state index contributed by atoms with van der Waals surface area (Å²) in [5.74, 6) is -0.314. The lowest BCUT2D eigenvalue weighted by molar-refractivity contribution is -0.136. The van der Waals surface area contributed by atoms with Gasteiger partial charge in [-0.1, -0.05) is 12.7 Å². The number of carbonyl (C=O) groups excluding carboxylic acids is 1. The number of ether oxygens (including phenoxy) is 1. The lowest BCUT2D eigenvalue weighted by Gasteiger charge is -1.98. The molecule has 0 fully saturated rings. The van der Waals surface area contributed by atoms with Gasteiger partial charge < -0.3 is 4.74 Å². The Bertz CT molecular complexity index is 157. The minimum Gasteiger partial charge on any atom is -0.458 e. The molecule has 56 valence electrons. The highest BCUT2D eigenvalue weighted by Gasteiger charge is 1.93. The fourth-order valence-electron chi connectivity index (χ4n) is 0.379. The molecule has 0 heterocycles. The zero-order valence-corrected chi connectivity index (χ0v) is 6.39. The molecule has 0 aliphatic heterocycles. The fourth-order valence-corrected chi connectivity index (χ4v) is 0.379. The van der Waals surface area contributed by atoms with Gasteiger partial charge in [0.05, 0.1) is 0 Å². The van der Waals surface area contributed by atoms with E-state index in [-0.39, 0.29) is 5.97 Å². The molecule has 0 saturated heterocycles. The highest BCUT2D eigenvalue weighted by atomic mass is 16.5. The van der Waals surface area contributed by atoms with Crippen LogP contribution in [0.5, 0.6) is 0 Å². The van der Waals surface area contributed by atoms with Crippen LogP contribution in [-0.4, -0.2) is 12.6 Å². The summed E-state index contributed by atoms with van der Waals surface area (Å²) in [4.78, 5) is 10.6. The molecule has 0 aliphatic rings. The predicted molar refractivity (Wildman–Crippen MR) is 40.6 cm³/mol. The molecule has 0 rings (SSSR count). The largest absolute Gasteiger partial charge is 0.458 e. The number of hydrogen-bond donors (Lipinski definition) is 0. The van der Waals surface area contributed by atoms with Crippen molar-refractivity contribution in [3.63, 3.8) is 0 Å². The van der Waals surface area contributed by atoms with Crippen molar-refractivity contribution in [2.75, 3.05) is 6.61 Å². The predicted octanol–water partition coefficient (Wildman–Crippen LogP) is 1.68. The van der Waals surface area contributed by atoms with Crippen LogP contribution in [0.1, 0.15) is 13.8 Å². The monoisotopic (exact) mass is 140 g/mol. The smallest absolute Gasteiger partial charge is 0.330 e. The van der Waals surface area contributed by atoms with E-state index in [1.807, 2.05) is 6.92 Å². The Morgan fingerprint density at radius 2 is 2.30 bits per heavy atom. The van der Waals surface area contributed by atoms with E-state index in [2.05, 4.69) is 6.58 Å². The molecular formula is C8H12O2. The second-order valence-electron chi connectivity index (χ2n) is 2.06. The van der Waals surface area contributed by atoms with Crippen LogP contribution in [0.2, 0.25) is 0 Å². The number of esters is 1. The average Bonchev–Trinajstić information content (AvgIpc) is 1.85. The van der Waals surface area contributed by atoms with Crippen molar-refractivity contribution in [1.82, 2.24) is 0 Å². The average molecular weight is 140 g/mol. The van der Waals surface area contributed by atoms with Gasteiger partial charge in [0, 0.05) is 6.08 Å². The van der Waals surface area contributed by atoms with Crippen LogP contribution < -0.4 is 0 Å². The second-order valence-corrected chi connectivity index (χ2v) is 2.06. The normalized spacial score (nSPS) is 9.80. The summed E-state index contributed by atoms with van der Waals surface area (Å²) >= 11 is 0. The van der Waals surface area contributed by atoms with E-state index in [1.54, 1.807) is 13.0 Å². The first-order valence-corrected chi connectivity index (χ1v) is 3.10. The lowest BCUT2D eigenvalue weighted by Crippen LogP contribution is -2.02. The summed E-state index contributed by atoms with van der Waals surface area (Å²) in [5, 5.41) is 0. The Morgan fingerprint density at radius 1 is 1.70 bits per heavy atom. The Hall–Kier alpha value is -1.05. The first-order chi connectivity index (χ1) is 4.66. The minimum absolute atomic E-state index is 0.309. The van der Waals surface area contributed by atoms with Gasteiger partial charge in [-0.2, -0.15) is 0 Å². The Balaban J connectivity index is 3.50. The molecule has 0 atom stereocenters. The van der Waals surface area contributed by atoms with Gasteiger partial charge in [0.15, 0.2) is 0 Å². The van der Waals surface area contributed by atoms with Crippen LogP contribution in [0.25, 0.3) is 0 Å². The quantitative estimate of drug-likeness (QED) is 0.338. The molecule has 0 aromatic rings. The van der Waals surface area contributed by atoms with Gasteiger partial charge in [-0.25, -0.2) is 4.79 Å². The van der Waals surface area contributed by atoms with Crippen molar-refractivity contribution in [3.8, 4) is 0 Å². The van der Waals surface area contributed by atoms with E-state index in [9.17, 15) is 4.79 Å². The molecular weight excluding hydrogens is 128 g/mol. The minimum atomic E-state index is -0.314. The van der Waals surface area contributed by atoms with E-state index in [4.69, 9.17) is 4.74 Å². The first kappa shape index (κ1) is 8.95. The van der Waals surface area contributed by atoms with Crippen molar-refractivity contribution < 1.29 is 9.53 Å². The molecule has 0 aliphatic carbocycles. The van der Waals surface area contributed by atoms with E-state index < -0.39 is 0 Å². The zero-order chi connectivity index (χ0) is 7.98. The van der Waals surface area contributed by atoms with Gasteiger partial charge in [0.2, 0.25) is 0 Å². The van der Waals surface area contributed by atoms with Gasteiger partial charge in [-0.15, -0.1) is 0 Å². The lowest BCUT2D eigenvalue weighted by atomic mass is 10.4. The maximum Gasteiger partial charge on any atom is 0.330 e. The topological polar surface area (TPSA) is 26.3 Å². The van der Waals surface area contributed by atoms with Crippen LogP contribution >= 0.6 is 0 Å². The van der Waals surface area contributed by atoms with Crippen LogP contribution in [0.3, 0.4) is 0 Å². The van der Waals surface area contributed by atoms with Crippen molar-refractivity contribution in [1.29, 1.82) is 0 Å². The molecule has 0 amide bonds. The molecule has 2 nitrogen and oxygen atoms in total. The fraction of sp³-hybridized carbons (Fsp3) is 0.375. The summed E-state index contributed by atoms with van der Waals surface area (Å²) in [6, 6.07) is 0. The SMILES string of the molecule is C=C(C)COC(=O)/C=C\C. The summed E-state index contributed by atoms with van der Waals surface area (Å²) < 4.78 is 4.72. The number of rotatable bonds is 3. The standard InChI is InChI=1S/C8H12O2/c1-4-5-8(9)10-6-7(2)3/h4-5H,2,6H2,1,3H3/b5-4-. The number of allylic oxidation sites excluding steroid dienone is 1. The zero-order valence-electron chi connectivity index (χ0n) is 6.39. The highest BCUT2D eigenvalue weighted by molar-refractivity contribution is 5.81. The van der Waals surface area contributed by atoms with Crippen molar-refractivity contribution in [2.45, 2.75) is 13.8 Å². The van der Waals surface area contributed by atoms with E-state index >= 15 is 0 Å². The van der Waals surface area contributed by atoms with Crippen molar-refractivity contribution in [2.24, 2.45) is 0 Å². The maximum absolute atomic E-state index is 10.6. The highest BCUT2D eigenvalue weighted by Crippen LogP contribution is 1.89. The summed E-state index contributed by atoms with van der Waals surface area (Å²) in [7, 11) is 0. The summed E-state index contributed by atoms with van der Waals surface area (Å²) in [6.07, 6.45) is 3.02. The van der Waals surface area contributed by atoms with Crippen LogP contribution in [0.4, 0.5) is 0 Å². The molecule has 0 radical (unpaired) electrons. The van der Waals surface area contributed by atoms with E-state index in [0.29, 0.717) is 6.61 Å². The molecule has 0 aromatic heterocycles. The Morgan fingerprint density at radius 3 is 2.70 bits per heavy atom. The number of carbonyl (C=O) groups is 1. The van der Waals surface area contributed by atoms with E-state index in [1.165, 1.54) is 6.08 Å². The Labute approximate surface area is 61.2 Å². The van der Waals surface area contributed by atoms with Gasteiger partial charge in [-0.05, 0) is 19.4 Å². The molecule has 0 unspecified atom stereocenters. The van der Waals surface area contributed by atoms with Crippen LogP contribution in [0.15, 0.2) is 24.3 Å². The van der Waals surface area contributed by atoms with Crippen LogP contribution in [-0.2, 0) is 9.53 Å². The van der Waals surface area contributed by atoms with Gasteiger partial charge in [-0.3, -0.25) is 0 Å². The van der Waals surface area contributed by atoms with Gasteiger partial charge >= 0.3 is 5.97 Å². The third-order valence-corrected chi connectivity index (χ3v) is 0.764. The molecule has 0 spiro atoms. The maximum atomic E-state index is 10.6. The third-order valence-electron chi connectivity index (χ3n) is 0.764. The summed E-state index contributed by atoms with van der Waals surface area (Å²) in [5.41, 5.74) is 0.845. The molecule has 0 bridgehead atoms. The molecule has 0 saturated carbocycles.